The quantitative estimate of drug-likeness (QED) is 0.160. The molecule has 0 aromatic carbocycles. The van der Waals surface area contributed by atoms with E-state index in [1.807, 2.05) is 0 Å². The third-order valence-corrected chi connectivity index (χ3v) is 0.411. The summed E-state index contributed by atoms with van der Waals surface area (Å²) >= 11 is 0. The maximum Gasteiger partial charge on any atom is 1.00 e. The van der Waals surface area contributed by atoms with Crippen molar-refractivity contribution in [1.29, 1.82) is 0 Å². The van der Waals surface area contributed by atoms with Crippen molar-refractivity contribution in [2.75, 3.05) is 0 Å². The summed E-state index contributed by atoms with van der Waals surface area (Å²) in [6.45, 7) is 0.945. The first-order valence-corrected chi connectivity index (χ1v) is 1.99. The van der Waals surface area contributed by atoms with Gasteiger partial charge < -0.3 is 12.7 Å². The smallest absolute Gasteiger partial charge is 1.00 e. The number of esters is 2. The van der Waals surface area contributed by atoms with Gasteiger partial charge in [-0.05, 0) is 0 Å². The summed E-state index contributed by atoms with van der Waals surface area (Å²) in [7, 11) is 0. The van der Waals surface area contributed by atoms with E-state index in [9.17, 15) is 14.4 Å². The molecule has 0 saturated carbocycles. The zero-order valence-corrected chi connectivity index (χ0v) is 6.58. The van der Waals surface area contributed by atoms with Crippen molar-refractivity contribution in [2.45, 2.75) is 6.92 Å². The van der Waals surface area contributed by atoms with Crippen LogP contribution in [0.25, 0.3) is 0 Å². The molecule has 0 aliphatic rings. The van der Waals surface area contributed by atoms with E-state index in [1.54, 1.807) is 0 Å². The first-order valence-electron chi connectivity index (χ1n) is 1.99. The predicted octanol–water partition coefficient (Wildman–Crippen LogP) is -6.61. The number of hydrogen-bond acceptors (Lipinski definition) is 4. The van der Waals surface area contributed by atoms with Crippen LogP contribution in [0.4, 0.5) is 0 Å². The van der Waals surface area contributed by atoms with Crippen LogP contribution in [-0.4, -0.2) is 23.0 Å². The molecule has 0 bridgehead atoms. The van der Waals surface area contributed by atoms with E-state index in [-0.39, 0.29) is 40.6 Å². The van der Waals surface area contributed by atoms with Crippen LogP contribution in [0.5, 0.6) is 0 Å². The average molecular weight is 148 g/mol. The van der Waals surface area contributed by atoms with Crippen LogP contribution < -0.4 is 37.7 Å². The van der Waals surface area contributed by atoms with E-state index in [1.165, 1.54) is 0 Å². The van der Waals surface area contributed by atoms with E-state index in [4.69, 9.17) is 5.11 Å². The predicted molar refractivity (Wildman–Crippen MR) is 26.6 cm³/mol. The molecule has 0 amide bonds. The van der Waals surface area contributed by atoms with Gasteiger partial charge in [0.05, 0.1) is 0 Å². The normalized spacial score (nSPS) is 6.64. The number of carboxylic acid groups (broad SMARTS) is 1. The topological polar surface area (TPSA) is 80.7 Å². The first kappa shape index (κ1) is 17.1. The van der Waals surface area contributed by atoms with Crippen molar-refractivity contribution in [2.24, 2.45) is 0 Å². The molecule has 1 N–H and O–H groups in total. The third-order valence-electron chi connectivity index (χ3n) is 0.411. The molecule has 0 heterocycles. The Labute approximate surface area is 89.8 Å². The minimum absolute atomic E-state index is 0. The third kappa shape index (κ3) is 9.80. The number of carbonyl (C=O) groups excluding carboxylic acids is 2. The van der Waals surface area contributed by atoms with E-state index >= 15 is 0 Å². The molecule has 0 aliphatic heterocycles. The van der Waals surface area contributed by atoms with Crippen LogP contribution >= 0.6 is 0 Å². The zero-order valence-electron chi connectivity index (χ0n) is 8.58. The van der Waals surface area contributed by atoms with E-state index in [0.717, 1.165) is 6.92 Å². The van der Waals surface area contributed by atoms with Crippen molar-refractivity contribution < 1.29 is 64.8 Å². The molecular formula is C4H6Li2O5. The summed E-state index contributed by atoms with van der Waals surface area (Å²) in [5, 5.41) is 7.80. The molecular weight excluding hydrogens is 142 g/mol. The number of hydrogen-bond donors (Lipinski definition) is 1. The van der Waals surface area contributed by atoms with Gasteiger partial charge in [0.1, 0.15) is 0 Å². The Morgan fingerprint density at radius 1 is 1.27 bits per heavy atom. The maximum absolute atomic E-state index is 9.91. The van der Waals surface area contributed by atoms with Crippen LogP contribution in [0.2, 0.25) is 0 Å². The second kappa shape index (κ2) is 7.91. The molecule has 0 rings (SSSR count). The SMILES string of the molecule is CC(=O)OC(=O)C(=O)O.[H-].[H-].[Li+].[Li+]. The van der Waals surface area contributed by atoms with Gasteiger partial charge in [-0.15, -0.1) is 0 Å². The molecule has 0 saturated heterocycles. The summed E-state index contributed by atoms with van der Waals surface area (Å²) in [6, 6.07) is 0. The Hall–Kier alpha value is -0.195. The van der Waals surface area contributed by atoms with Crippen molar-refractivity contribution in [1.82, 2.24) is 0 Å². The van der Waals surface area contributed by atoms with Crippen LogP contribution in [0.3, 0.4) is 0 Å². The average Bonchev–Trinajstić information content (AvgIpc) is 1.63. The van der Waals surface area contributed by atoms with Gasteiger partial charge in [-0.25, -0.2) is 9.59 Å². The summed E-state index contributed by atoms with van der Waals surface area (Å²) in [5.41, 5.74) is 0. The molecule has 0 aromatic rings. The van der Waals surface area contributed by atoms with Gasteiger partial charge in [-0.1, -0.05) is 0 Å². The van der Waals surface area contributed by atoms with Crippen LogP contribution in [0.1, 0.15) is 9.78 Å². The fourth-order valence-electron chi connectivity index (χ4n) is 0.174. The van der Waals surface area contributed by atoms with E-state index < -0.39 is 17.9 Å². The molecule has 0 radical (unpaired) electrons. The number of carboxylic acids is 1. The Balaban J connectivity index is -0.0000000533. The Morgan fingerprint density at radius 3 is 1.73 bits per heavy atom. The fraction of sp³-hybridized carbons (Fsp3) is 0.250. The molecule has 0 fully saturated rings. The van der Waals surface area contributed by atoms with E-state index in [2.05, 4.69) is 4.74 Å². The standard InChI is InChI=1S/C4H4O5.2Li.2H/c1-2(5)9-4(8)3(6)7;;;;/h1H3,(H,6,7);;;;/q;2*+1;2*-1. The van der Waals surface area contributed by atoms with Gasteiger partial charge in [0.2, 0.25) is 0 Å². The summed E-state index contributed by atoms with van der Waals surface area (Å²) in [6.07, 6.45) is 0. The molecule has 0 unspecified atom stereocenters. The van der Waals surface area contributed by atoms with Gasteiger partial charge in [-0.2, -0.15) is 0 Å². The number of rotatable bonds is 0. The molecule has 7 heteroatoms. The van der Waals surface area contributed by atoms with Crippen molar-refractivity contribution in [3.8, 4) is 0 Å². The van der Waals surface area contributed by atoms with Crippen molar-refractivity contribution in [3.05, 3.63) is 0 Å². The molecule has 0 aromatic heterocycles. The van der Waals surface area contributed by atoms with Crippen molar-refractivity contribution in [3.63, 3.8) is 0 Å². The molecule has 0 atom stereocenters. The van der Waals surface area contributed by atoms with Crippen molar-refractivity contribution >= 4 is 17.9 Å². The minimum Gasteiger partial charge on any atom is -1.00 e. The van der Waals surface area contributed by atoms with Gasteiger partial charge in [-0.3, -0.25) is 4.79 Å². The number of ether oxygens (including phenoxy) is 1. The Morgan fingerprint density at radius 2 is 1.64 bits per heavy atom. The Bertz CT molecular complexity index is 174. The second-order valence-electron chi connectivity index (χ2n) is 1.19. The van der Waals surface area contributed by atoms with E-state index in [0.29, 0.717) is 0 Å². The monoisotopic (exact) mass is 148 g/mol. The second-order valence-corrected chi connectivity index (χ2v) is 1.19. The maximum atomic E-state index is 9.91. The molecule has 0 aliphatic carbocycles. The molecule has 54 valence electrons. The summed E-state index contributed by atoms with van der Waals surface area (Å²) in [4.78, 5) is 29.4. The molecule has 0 spiro atoms. The van der Waals surface area contributed by atoms with Crippen LogP contribution in [0.15, 0.2) is 0 Å². The first-order chi connectivity index (χ1) is 4.04. The number of aliphatic carboxylic acids is 1. The Kier molecular flexibility index (Phi) is 12.3. The molecule has 11 heavy (non-hydrogen) atoms. The van der Waals surface area contributed by atoms with Crippen LogP contribution in [0, 0.1) is 0 Å². The van der Waals surface area contributed by atoms with Gasteiger partial charge >= 0.3 is 55.6 Å². The fourth-order valence-corrected chi connectivity index (χ4v) is 0.174. The largest absolute Gasteiger partial charge is 1.00 e. The zero-order chi connectivity index (χ0) is 7.44. The molecule has 5 nitrogen and oxygen atoms in total. The van der Waals surface area contributed by atoms with Gasteiger partial charge in [0.15, 0.2) is 0 Å². The summed E-state index contributed by atoms with van der Waals surface area (Å²) in [5.74, 6) is -4.25. The van der Waals surface area contributed by atoms with Crippen LogP contribution in [-0.2, 0) is 19.1 Å². The minimum atomic E-state index is -1.77. The van der Waals surface area contributed by atoms with Gasteiger partial charge in [0.25, 0.3) is 0 Å². The van der Waals surface area contributed by atoms with Gasteiger partial charge in [0, 0.05) is 6.92 Å². The number of carbonyl (C=O) groups is 3. The summed E-state index contributed by atoms with van der Waals surface area (Å²) < 4.78 is 3.63.